The zero-order valence-corrected chi connectivity index (χ0v) is 29.3. The predicted octanol–water partition coefficient (Wildman–Crippen LogP) is 10.3. The van der Waals surface area contributed by atoms with Gasteiger partial charge >= 0.3 is 0 Å². The molecule has 0 saturated heterocycles. The van der Waals surface area contributed by atoms with Gasteiger partial charge in [0, 0.05) is 0 Å². The molecule has 230 valence electrons. The van der Waals surface area contributed by atoms with Crippen molar-refractivity contribution in [3.05, 3.63) is 83.5 Å². The average Bonchev–Trinajstić information content (AvgIpc) is 2.90. The summed E-state index contributed by atoms with van der Waals surface area (Å²) in [6.07, 6.45) is 1.82. The van der Waals surface area contributed by atoms with Crippen LogP contribution in [0.25, 0.3) is 0 Å². The average molecular weight is 573 g/mol. The van der Waals surface area contributed by atoms with Gasteiger partial charge in [0.25, 0.3) is 0 Å². The molecule has 0 spiro atoms. The maximum Gasteiger partial charge on any atom is 0.121 e. The van der Waals surface area contributed by atoms with Crippen molar-refractivity contribution in [2.45, 2.75) is 140 Å². The first-order chi connectivity index (χ1) is 19.1. The monoisotopic (exact) mass is 572 g/mol. The van der Waals surface area contributed by atoms with Gasteiger partial charge in [-0.1, -0.05) is 27.7 Å². The van der Waals surface area contributed by atoms with Crippen LogP contribution < -0.4 is 0 Å². The van der Waals surface area contributed by atoms with Gasteiger partial charge in [-0.15, -0.1) is 0 Å². The van der Waals surface area contributed by atoms with Crippen LogP contribution in [0.15, 0.2) is 0 Å². The summed E-state index contributed by atoms with van der Waals surface area (Å²) >= 11 is 0. The van der Waals surface area contributed by atoms with Crippen LogP contribution in [0.5, 0.6) is 17.2 Å². The Labute approximate surface area is 256 Å². The molecule has 0 bridgehead atoms. The van der Waals surface area contributed by atoms with E-state index in [4.69, 9.17) is 0 Å². The molecule has 3 heteroatoms. The Morgan fingerprint density at radius 2 is 0.738 bits per heavy atom. The lowest BCUT2D eigenvalue weighted by Crippen LogP contribution is -2.36. The molecule has 0 aliphatic heterocycles. The SMILES string of the molecule is Cc1c(C)c(C(C)CC(C)(CC(C)(C)c2c(C)c(C)c(O)c(C)c2C)c2c(C)c(C)c(O)c(C)c2C)c(C)c(C)c1O. The van der Waals surface area contributed by atoms with Crippen LogP contribution in [0.3, 0.4) is 0 Å². The fraction of sp³-hybridized carbons (Fsp3) is 0.538. The highest BCUT2D eigenvalue weighted by Crippen LogP contribution is 2.51. The second kappa shape index (κ2) is 11.3. The van der Waals surface area contributed by atoms with Crippen LogP contribution in [-0.4, -0.2) is 15.3 Å². The van der Waals surface area contributed by atoms with Crippen LogP contribution in [0.1, 0.15) is 130 Å². The summed E-state index contributed by atoms with van der Waals surface area (Å²) < 4.78 is 0. The highest BCUT2D eigenvalue weighted by molar-refractivity contribution is 5.59. The summed E-state index contributed by atoms with van der Waals surface area (Å²) in [5.41, 5.74) is 16.3. The van der Waals surface area contributed by atoms with Gasteiger partial charge in [0.05, 0.1) is 0 Å². The summed E-state index contributed by atoms with van der Waals surface area (Å²) in [7, 11) is 0. The van der Waals surface area contributed by atoms with Gasteiger partial charge in [-0.05, 0) is 196 Å². The lowest BCUT2D eigenvalue weighted by atomic mass is 9.60. The number of hydrogen-bond acceptors (Lipinski definition) is 3. The second-order valence-electron chi connectivity index (χ2n) is 14.4. The van der Waals surface area contributed by atoms with Gasteiger partial charge in [-0.3, -0.25) is 0 Å². The van der Waals surface area contributed by atoms with Gasteiger partial charge in [0.2, 0.25) is 0 Å². The van der Waals surface area contributed by atoms with Gasteiger partial charge < -0.3 is 15.3 Å². The molecule has 2 atom stereocenters. The minimum Gasteiger partial charge on any atom is -0.507 e. The first kappa shape index (κ1) is 33.6. The number of aromatic hydroxyl groups is 3. The summed E-state index contributed by atoms with van der Waals surface area (Å²) in [6, 6.07) is 0. The fourth-order valence-electron chi connectivity index (χ4n) is 8.67. The first-order valence-electron chi connectivity index (χ1n) is 15.5. The van der Waals surface area contributed by atoms with E-state index in [0.717, 1.165) is 46.2 Å². The van der Waals surface area contributed by atoms with Crippen LogP contribution in [0.2, 0.25) is 0 Å². The third kappa shape index (κ3) is 5.22. The predicted molar refractivity (Wildman–Crippen MR) is 179 cm³/mol. The Kier molecular flexibility index (Phi) is 9.02. The van der Waals surface area contributed by atoms with E-state index in [2.05, 4.69) is 69.2 Å². The van der Waals surface area contributed by atoms with E-state index in [1.54, 1.807) is 0 Å². The highest BCUT2D eigenvalue weighted by Gasteiger charge is 2.41. The minimum absolute atomic E-state index is 0.199. The molecule has 3 aromatic rings. The summed E-state index contributed by atoms with van der Waals surface area (Å²) in [5.74, 6) is 1.45. The molecule has 0 aliphatic rings. The van der Waals surface area contributed by atoms with Crippen molar-refractivity contribution in [2.75, 3.05) is 0 Å². The van der Waals surface area contributed by atoms with E-state index < -0.39 is 0 Å². The van der Waals surface area contributed by atoms with Crippen molar-refractivity contribution < 1.29 is 15.3 Å². The van der Waals surface area contributed by atoms with E-state index >= 15 is 0 Å². The van der Waals surface area contributed by atoms with E-state index in [0.29, 0.717) is 17.2 Å². The van der Waals surface area contributed by atoms with Gasteiger partial charge in [-0.2, -0.15) is 0 Å². The molecule has 42 heavy (non-hydrogen) atoms. The quantitative estimate of drug-likeness (QED) is 0.264. The number of phenols is 3. The lowest BCUT2D eigenvalue weighted by Gasteiger charge is -2.44. The van der Waals surface area contributed by atoms with Crippen molar-refractivity contribution in [3.63, 3.8) is 0 Å². The largest absolute Gasteiger partial charge is 0.507 e. The first-order valence-corrected chi connectivity index (χ1v) is 15.5. The number of benzene rings is 3. The summed E-state index contributed by atoms with van der Waals surface area (Å²) in [4.78, 5) is 0. The van der Waals surface area contributed by atoms with Crippen molar-refractivity contribution in [1.29, 1.82) is 0 Å². The van der Waals surface area contributed by atoms with Crippen molar-refractivity contribution in [1.82, 2.24) is 0 Å². The maximum atomic E-state index is 11.0. The molecule has 3 N–H and O–H groups in total. The van der Waals surface area contributed by atoms with Gasteiger partial charge in [-0.25, -0.2) is 0 Å². The molecule has 0 aromatic heterocycles. The highest BCUT2D eigenvalue weighted by atomic mass is 16.3. The van der Waals surface area contributed by atoms with Crippen LogP contribution in [0, 0.1) is 83.1 Å². The Bertz CT molecular complexity index is 1480. The van der Waals surface area contributed by atoms with E-state index in [1.165, 1.54) is 50.1 Å². The molecular weight excluding hydrogens is 516 g/mol. The van der Waals surface area contributed by atoms with E-state index in [1.807, 2.05) is 41.5 Å². The number of rotatable bonds is 7. The normalized spacial score (nSPS) is 14.3. The summed E-state index contributed by atoms with van der Waals surface area (Å²) in [5, 5.41) is 32.6. The molecule has 3 aromatic carbocycles. The fourth-order valence-corrected chi connectivity index (χ4v) is 8.67. The van der Waals surface area contributed by atoms with Crippen molar-refractivity contribution >= 4 is 0 Å². The molecule has 0 radical (unpaired) electrons. The van der Waals surface area contributed by atoms with Crippen molar-refractivity contribution in [2.24, 2.45) is 0 Å². The second-order valence-corrected chi connectivity index (χ2v) is 14.4. The van der Waals surface area contributed by atoms with Gasteiger partial charge in [0.1, 0.15) is 17.2 Å². The molecular formula is C39H56O3. The maximum absolute atomic E-state index is 11.0. The molecule has 0 saturated carbocycles. The Balaban J connectivity index is 2.35. The summed E-state index contributed by atoms with van der Waals surface area (Å²) in [6.45, 7) is 34.6. The third-order valence-corrected chi connectivity index (χ3v) is 11.2. The lowest BCUT2D eigenvalue weighted by molar-refractivity contribution is 0.288. The van der Waals surface area contributed by atoms with Crippen LogP contribution >= 0.6 is 0 Å². The topological polar surface area (TPSA) is 60.7 Å². The molecule has 0 heterocycles. The molecule has 0 amide bonds. The zero-order chi connectivity index (χ0) is 32.4. The van der Waals surface area contributed by atoms with Crippen LogP contribution in [0.4, 0.5) is 0 Å². The zero-order valence-electron chi connectivity index (χ0n) is 29.3. The van der Waals surface area contributed by atoms with E-state index in [-0.39, 0.29) is 16.7 Å². The smallest absolute Gasteiger partial charge is 0.121 e. The molecule has 0 fully saturated rings. The molecule has 3 rings (SSSR count). The van der Waals surface area contributed by atoms with Gasteiger partial charge in [0.15, 0.2) is 0 Å². The third-order valence-electron chi connectivity index (χ3n) is 11.2. The molecule has 2 unspecified atom stereocenters. The number of phenolic OH excluding ortho intramolecular Hbond substituents is 3. The Morgan fingerprint density at radius 3 is 1.07 bits per heavy atom. The Hall–Kier alpha value is -2.94. The standard InChI is InChI=1S/C39H56O3/c1-19(32-20(2)26(8)35(40)27(9)21(32)3)17-39(16,34-24(6)30(12)37(42)31(13)25(34)7)18-38(14,15)33-22(4)28(10)36(41)29(11)23(33)5/h19,40-42H,17-18H2,1-16H3. The minimum atomic E-state index is -0.239. The van der Waals surface area contributed by atoms with Crippen molar-refractivity contribution in [3.8, 4) is 17.2 Å². The van der Waals surface area contributed by atoms with Crippen LogP contribution in [-0.2, 0) is 10.8 Å². The Morgan fingerprint density at radius 1 is 0.452 bits per heavy atom. The number of hydrogen-bond donors (Lipinski definition) is 3. The van der Waals surface area contributed by atoms with E-state index in [9.17, 15) is 15.3 Å². The molecule has 0 aliphatic carbocycles. The molecule has 3 nitrogen and oxygen atoms in total.